The highest BCUT2D eigenvalue weighted by atomic mass is 31.1. The van der Waals surface area contributed by atoms with Crippen LogP contribution in [0.15, 0.2) is 12.2 Å². The highest BCUT2D eigenvalue weighted by Crippen LogP contribution is 2.14. The van der Waals surface area contributed by atoms with Gasteiger partial charge < -0.3 is 9.22 Å². The van der Waals surface area contributed by atoms with Crippen LogP contribution in [0.5, 0.6) is 0 Å². The number of quaternary nitrogens is 1. The molecular weight excluding hydrogens is 245 g/mol. The summed E-state index contributed by atoms with van der Waals surface area (Å²) in [5, 5.41) is 0. The van der Waals surface area contributed by atoms with Gasteiger partial charge in [0.2, 0.25) is 0 Å². The average molecular weight is 274 g/mol. The van der Waals surface area contributed by atoms with E-state index in [1.165, 1.54) is 42.9 Å². The molecule has 4 heteroatoms. The zero-order valence-corrected chi connectivity index (χ0v) is 13.4. The maximum absolute atomic E-state index is 11.1. The summed E-state index contributed by atoms with van der Waals surface area (Å²) in [6, 6.07) is 0. The molecule has 0 aliphatic carbocycles. The lowest BCUT2D eigenvalue weighted by Crippen LogP contribution is -2.48. The van der Waals surface area contributed by atoms with Crippen LogP contribution in [0, 0.1) is 0 Å². The largest absolute Gasteiger partial charge is 0.462 e. The van der Waals surface area contributed by atoms with Gasteiger partial charge in [-0.2, -0.15) is 0 Å². The van der Waals surface area contributed by atoms with Crippen LogP contribution < -0.4 is 0 Å². The lowest BCUT2D eigenvalue weighted by Gasteiger charge is -2.35. The van der Waals surface area contributed by atoms with Gasteiger partial charge in [0.1, 0.15) is 0 Å². The molecule has 1 atom stereocenters. The minimum atomic E-state index is -0.219. The fourth-order valence-corrected chi connectivity index (χ4v) is 3.12. The highest BCUT2D eigenvalue weighted by molar-refractivity contribution is 7.38. The summed E-state index contributed by atoms with van der Waals surface area (Å²) < 4.78 is 6.28. The standard InChI is InChI=1S/C14H29NO2P/c1-5-9-14(16)17-11-13-18-12-10-15(6-2,7-3)8-4/h5,9,18H,6-8,10-13H2,1-4H3/q+1. The Morgan fingerprint density at radius 3 is 2.28 bits per heavy atom. The van der Waals surface area contributed by atoms with E-state index in [9.17, 15) is 4.79 Å². The molecule has 3 nitrogen and oxygen atoms in total. The smallest absolute Gasteiger partial charge is 0.330 e. The molecule has 18 heavy (non-hydrogen) atoms. The summed E-state index contributed by atoms with van der Waals surface area (Å²) in [5.74, 6) is -0.219. The molecule has 0 bridgehead atoms. The quantitative estimate of drug-likeness (QED) is 0.201. The van der Waals surface area contributed by atoms with Gasteiger partial charge in [-0.05, 0) is 33.9 Å². The fourth-order valence-electron chi connectivity index (χ4n) is 1.99. The molecular formula is C14H29NO2P+. The van der Waals surface area contributed by atoms with Gasteiger partial charge in [-0.3, -0.25) is 0 Å². The van der Waals surface area contributed by atoms with Gasteiger partial charge in [-0.1, -0.05) is 6.08 Å². The molecule has 106 valence electrons. The molecule has 0 rings (SSSR count). The third kappa shape index (κ3) is 7.13. The Kier molecular flexibility index (Phi) is 10.3. The van der Waals surface area contributed by atoms with Crippen LogP contribution in [0.4, 0.5) is 0 Å². The second-order valence-corrected chi connectivity index (χ2v) is 5.93. The van der Waals surface area contributed by atoms with Gasteiger partial charge in [0.05, 0.1) is 32.8 Å². The Morgan fingerprint density at radius 2 is 1.78 bits per heavy atom. The van der Waals surface area contributed by atoms with Crippen molar-refractivity contribution in [1.82, 2.24) is 0 Å². The molecule has 1 unspecified atom stereocenters. The van der Waals surface area contributed by atoms with Gasteiger partial charge >= 0.3 is 5.97 Å². The first kappa shape index (κ1) is 17.6. The number of rotatable bonds is 10. The maximum Gasteiger partial charge on any atom is 0.330 e. The van der Waals surface area contributed by atoms with Gasteiger partial charge in [-0.15, -0.1) is 8.58 Å². The lowest BCUT2D eigenvalue weighted by atomic mass is 10.3. The van der Waals surface area contributed by atoms with Crippen molar-refractivity contribution >= 4 is 14.6 Å². The number of nitrogens with zero attached hydrogens (tertiary/aromatic N) is 1. The second-order valence-electron chi connectivity index (χ2n) is 4.43. The summed E-state index contributed by atoms with van der Waals surface area (Å²) in [6.07, 6.45) is 5.42. The van der Waals surface area contributed by atoms with E-state index >= 15 is 0 Å². The Morgan fingerprint density at radius 1 is 1.17 bits per heavy atom. The molecule has 0 aromatic heterocycles. The van der Waals surface area contributed by atoms with Gasteiger partial charge in [0, 0.05) is 12.2 Å². The Hall–Kier alpha value is -0.400. The first-order chi connectivity index (χ1) is 8.64. The van der Waals surface area contributed by atoms with E-state index < -0.39 is 0 Å². The predicted octanol–water partition coefficient (Wildman–Crippen LogP) is 2.66. The number of ether oxygens (including phenoxy) is 1. The molecule has 0 radical (unpaired) electrons. The number of hydrogen-bond donors (Lipinski definition) is 0. The Bertz CT molecular complexity index is 242. The van der Waals surface area contributed by atoms with Crippen LogP contribution >= 0.6 is 8.58 Å². The van der Waals surface area contributed by atoms with E-state index in [0.29, 0.717) is 6.61 Å². The molecule has 0 aromatic rings. The van der Waals surface area contributed by atoms with E-state index in [0.717, 1.165) is 14.7 Å². The van der Waals surface area contributed by atoms with Crippen molar-refractivity contribution in [2.24, 2.45) is 0 Å². The first-order valence-corrected chi connectivity index (χ1v) is 8.40. The van der Waals surface area contributed by atoms with E-state index in [1.807, 2.05) is 6.92 Å². The highest BCUT2D eigenvalue weighted by Gasteiger charge is 2.19. The zero-order chi connectivity index (χ0) is 13.9. The normalized spacial score (nSPS) is 12.7. The second kappa shape index (κ2) is 10.5. The molecule has 0 aliphatic rings. The van der Waals surface area contributed by atoms with Crippen molar-refractivity contribution in [1.29, 1.82) is 0 Å². The number of carbonyl (C=O) groups is 1. The average Bonchev–Trinajstić information content (AvgIpc) is 2.39. The topological polar surface area (TPSA) is 26.3 Å². The molecule has 0 fully saturated rings. The predicted molar refractivity (Wildman–Crippen MR) is 80.6 cm³/mol. The van der Waals surface area contributed by atoms with E-state index in [-0.39, 0.29) is 5.97 Å². The van der Waals surface area contributed by atoms with Gasteiger partial charge in [0.15, 0.2) is 0 Å². The molecule has 0 N–H and O–H groups in total. The van der Waals surface area contributed by atoms with E-state index in [1.54, 1.807) is 6.08 Å². The molecule has 0 amide bonds. The first-order valence-electron chi connectivity index (χ1n) is 6.99. The van der Waals surface area contributed by atoms with Crippen molar-refractivity contribution in [2.45, 2.75) is 27.7 Å². The van der Waals surface area contributed by atoms with Crippen LogP contribution in [-0.4, -0.2) is 55.6 Å². The summed E-state index contributed by atoms with van der Waals surface area (Å²) in [5.41, 5.74) is 0. The fraction of sp³-hybridized carbons (Fsp3) is 0.786. The van der Waals surface area contributed by atoms with Crippen LogP contribution in [-0.2, 0) is 9.53 Å². The van der Waals surface area contributed by atoms with E-state index in [4.69, 9.17) is 4.74 Å². The SMILES string of the molecule is CC=CC(=O)OCCPCC[N+](CC)(CC)CC. The summed E-state index contributed by atoms with van der Waals surface area (Å²) >= 11 is 0. The van der Waals surface area contributed by atoms with Gasteiger partial charge in [-0.25, -0.2) is 4.79 Å². The van der Waals surface area contributed by atoms with Crippen molar-refractivity contribution in [2.75, 3.05) is 45.1 Å². The third-order valence-corrected chi connectivity index (χ3v) is 4.74. The van der Waals surface area contributed by atoms with E-state index in [2.05, 4.69) is 20.8 Å². The molecule has 0 aliphatic heterocycles. The Balaban J connectivity index is 3.64. The van der Waals surface area contributed by atoms with Crippen LogP contribution in [0.25, 0.3) is 0 Å². The van der Waals surface area contributed by atoms with Crippen molar-refractivity contribution < 1.29 is 14.0 Å². The molecule has 0 saturated carbocycles. The summed E-state index contributed by atoms with van der Waals surface area (Å²) in [4.78, 5) is 11.1. The monoisotopic (exact) mass is 274 g/mol. The molecule has 0 saturated heterocycles. The zero-order valence-electron chi connectivity index (χ0n) is 12.4. The van der Waals surface area contributed by atoms with Crippen molar-refractivity contribution in [3.8, 4) is 0 Å². The van der Waals surface area contributed by atoms with Gasteiger partial charge in [0.25, 0.3) is 0 Å². The van der Waals surface area contributed by atoms with Crippen molar-refractivity contribution in [3.05, 3.63) is 12.2 Å². The molecule has 0 aromatic carbocycles. The molecule has 0 heterocycles. The van der Waals surface area contributed by atoms with Crippen LogP contribution in [0.2, 0.25) is 0 Å². The minimum Gasteiger partial charge on any atom is -0.462 e. The van der Waals surface area contributed by atoms with Crippen LogP contribution in [0.3, 0.4) is 0 Å². The number of allylic oxidation sites excluding steroid dienone is 1. The summed E-state index contributed by atoms with van der Waals surface area (Å²) in [7, 11) is 0.900. The number of hydrogen-bond acceptors (Lipinski definition) is 2. The Labute approximate surface area is 114 Å². The van der Waals surface area contributed by atoms with Crippen molar-refractivity contribution in [3.63, 3.8) is 0 Å². The van der Waals surface area contributed by atoms with Crippen LogP contribution in [0.1, 0.15) is 27.7 Å². The maximum atomic E-state index is 11.1. The summed E-state index contributed by atoms with van der Waals surface area (Å²) in [6.45, 7) is 14.1. The number of carbonyl (C=O) groups excluding carboxylic acids is 1. The number of esters is 1. The third-order valence-electron chi connectivity index (χ3n) is 3.60. The minimum absolute atomic E-state index is 0.219. The lowest BCUT2D eigenvalue weighted by molar-refractivity contribution is -0.920. The molecule has 0 spiro atoms.